The number of nitrogens with one attached hydrogen (secondary N) is 2. The van der Waals surface area contributed by atoms with Crippen LogP contribution in [0.25, 0.3) is 0 Å². The minimum absolute atomic E-state index is 0.115. The third-order valence-electron chi connectivity index (χ3n) is 6.41. The summed E-state index contributed by atoms with van der Waals surface area (Å²) in [5.74, 6) is -3.88. The van der Waals surface area contributed by atoms with Crippen molar-refractivity contribution in [2.75, 3.05) is 31.8 Å². The number of methoxy groups -OCH3 is 1. The van der Waals surface area contributed by atoms with Crippen LogP contribution in [0.3, 0.4) is 0 Å². The molecule has 0 fully saturated rings. The maximum atomic E-state index is 14.1. The Morgan fingerprint density at radius 1 is 1.14 bits per heavy atom. The van der Waals surface area contributed by atoms with Gasteiger partial charge in [0.05, 0.1) is 38.4 Å². The van der Waals surface area contributed by atoms with Gasteiger partial charge in [-0.25, -0.2) is 9.18 Å². The summed E-state index contributed by atoms with van der Waals surface area (Å²) < 4.78 is 29.7. The average Bonchev–Trinajstić information content (AvgIpc) is 2.96. The van der Waals surface area contributed by atoms with E-state index in [0.717, 1.165) is 11.8 Å². The zero-order chi connectivity index (χ0) is 32.8. The summed E-state index contributed by atoms with van der Waals surface area (Å²) >= 11 is 7.14. The molecule has 2 amide bonds. The van der Waals surface area contributed by atoms with E-state index < -0.39 is 54.0 Å². The highest BCUT2D eigenvalue weighted by Crippen LogP contribution is 2.31. The van der Waals surface area contributed by atoms with E-state index in [-0.39, 0.29) is 41.8 Å². The van der Waals surface area contributed by atoms with Crippen LogP contribution in [0.15, 0.2) is 40.7 Å². The predicted octanol–water partition coefficient (Wildman–Crippen LogP) is 3.72. The van der Waals surface area contributed by atoms with Gasteiger partial charge in [0.15, 0.2) is 12.4 Å². The molecule has 2 atom stereocenters. The molecular formula is C30H38ClFN2O9S. The van der Waals surface area contributed by atoms with Gasteiger partial charge in [-0.3, -0.25) is 19.2 Å². The molecule has 0 aliphatic heterocycles. The van der Waals surface area contributed by atoms with Gasteiger partial charge in [0.2, 0.25) is 11.8 Å². The summed E-state index contributed by atoms with van der Waals surface area (Å²) in [5.41, 5.74) is 0.732. The molecule has 0 saturated heterocycles. The van der Waals surface area contributed by atoms with Gasteiger partial charge < -0.3 is 30.0 Å². The van der Waals surface area contributed by atoms with E-state index in [1.54, 1.807) is 39.0 Å². The molecule has 2 rings (SSSR count). The number of ketones is 1. The van der Waals surface area contributed by atoms with Crippen LogP contribution in [-0.4, -0.2) is 78.6 Å². The van der Waals surface area contributed by atoms with Crippen LogP contribution in [0.5, 0.6) is 11.5 Å². The van der Waals surface area contributed by atoms with E-state index in [9.17, 15) is 33.5 Å². The molecule has 1 aliphatic carbocycles. The van der Waals surface area contributed by atoms with Crippen molar-refractivity contribution in [3.05, 3.63) is 46.3 Å². The molecule has 14 heteroatoms. The van der Waals surface area contributed by atoms with Crippen LogP contribution in [-0.2, 0) is 35.1 Å². The summed E-state index contributed by atoms with van der Waals surface area (Å²) in [7, 11) is 1.23. The Hall–Kier alpha value is -3.58. The molecule has 44 heavy (non-hydrogen) atoms. The highest BCUT2D eigenvalue weighted by atomic mass is 35.5. The molecule has 0 saturated carbocycles. The molecule has 0 radical (unpaired) electrons. The van der Waals surface area contributed by atoms with E-state index in [1.165, 1.54) is 13.2 Å². The lowest BCUT2D eigenvalue weighted by Gasteiger charge is -2.25. The predicted molar refractivity (Wildman–Crippen MR) is 163 cm³/mol. The van der Waals surface area contributed by atoms with E-state index in [1.807, 2.05) is 0 Å². The number of esters is 1. The SMILES string of the molecule is CCOc1ccc(OCC(=O)OC)cc1CC(=O)NC(C(=O)NC(CC(=O)O)C(=O)CSCC1=C(F)CCC=C1Cl)C(C)C. The molecule has 3 N–H and O–H groups in total. The van der Waals surface area contributed by atoms with Crippen molar-refractivity contribution < 1.29 is 47.7 Å². The summed E-state index contributed by atoms with van der Waals surface area (Å²) in [5, 5.41) is 14.8. The Labute approximate surface area is 264 Å². The van der Waals surface area contributed by atoms with Gasteiger partial charge in [0.25, 0.3) is 0 Å². The number of allylic oxidation sites excluding steroid dienone is 3. The second-order valence-corrected chi connectivity index (χ2v) is 11.5. The van der Waals surface area contributed by atoms with Gasteiger partial charge in [-0.2, -0.15) is 0 Å². The van der Waals surface area contributed by atoms with Crippen molar-refractivity contribution in [1.29, 1.82) is 0 Å². The second kappa shape index (κ2) is 18.3. The number of ether oxygens (including phenoxy) is 3. The maximum Gasteiger partial charge on any atom is 0.343 e. The number of carbonyl (C=O) groups excluding carboxylic acids is 4. The monoisotopic (exact) mass is 656 g/mol. The Morgan fingerprint density at radius 2 is 1.86 bits per heavy atom. The number of carboxylic acid groups (broad SMARTS) is 1. The van der Waals surface area contributed by atoms with E-state index in [4.69, 9.17) is 21.1 Å². The Kier molecular flexibility index (Phi) is 15.2. The number of carboxylic acids is 1. The summed E-state index contributed by atoms with van der Waals surface area (Å²) in [6.45, 7) is 5.13. The molecule has 1 aliphatic rings. The molecule has 0 heterocycles. The molecule has 11 nitrogen and oxygen atoms in total. The third kappa shape index (κ3) is 11.8. The normalized spacial score (nSPS) is 14.3. The van der Waals surface area contributed by atoms with Gasteiger partial charge in [0, 0.05) is 28.3 Å². The Bertz CT molecular complexity index is 1280. The summed E-state index contributed by atoms with van der Waals surface area (Å²) in [6.07, 6.45) is 1.53. The summed E-state index contributed by atoms with van der Waals surface area (Å²) in [4.78, 5) is 62.2. The first-order chi connectivity index (χ1) is 20.9. The first kappa shape index (κ1) is 36.6. The number of Topliss-reactive ketones (excluding diaryl/α,β-unsaturated/α-hetero) is 1. The van der Waals surface area contributed by atoms with E-state index in [0.29, 0.717) is 35.7 Å². The second-order valence-electron chi connectivity index (χ2n) is 10.1. The zero-order valence-corrected chi connectivity index (χ0v) is 26.6. The first-order valence-corrected chi connectivity index (χ1v) is 15.5. The van der Waals surface area contributed by atoms with E-state index in [2.05, 4.69) is 15.4 Å². The minimum Gasteiger partial charge on any atom is -0.494 e. The molecule has 2 unspecified atom stereocenters. The van der Waals surface area contributed by atoms with E-state index >= 15 is 0 Å². The molecule has 1 aromatic rings. The van der Waals surface area contributed by atoms with Crippen molar-refractivity contribution in [2.45, 2.75) is 58.5 Å². The fourth-order valence-corrected chi connectivity index (χ4v) is 5.50. The number of halogens is 2. The molecule has 0 spiro atoms. The fraction of sp³-hybridized carbons (Fsp3) is 0.500. The molecule has 0 bridgehead atoms. The number of aliphatic carboxylic acids is 1. The molecule has 242 valence electrons. The fourth-order valence-electron chi connectivity index (χ4n) is 4.13. The quantitative estimate of drug-likeness (QED) is 0.199. The van der Waals surface area contributed by atoms with Crippen LogP contribution >= 0.6 is 23.4 Å². The van der Waals surface area contributed by atoms with Crippen molar-refractivity contribution in [2.24, 2.45) is 5.92 Å². The standard InChI is InChI=1S/C30H38ClFN2O9S/c1-5-42-25-10-9-19(43-14-28(39)41-4)11-18(25)12-26(36)34-29(17(2)3)30(40)33-23(13-27(37)38)24(35)16-44-15-20-21(31)7-6-8-22(20)32/h7,9-11,17,23,29H,5-6,8,12-16H2,1-4H3,(H,33,40)(H,34,36)(H,37,38). The van der Waals surface area contributed by atoms with Crippen molar-refractivity contribution in [3.63, 3.8) is 0 Å². The van der Waals surface area contributed by atoms with Gasteiger partial charge >= 0.3 is 11.9 Å². The highest BCUT2D eigenvalue weighted by Gasteiger charge is 2.30. The van der Waals surface area contributed by atoms with Crippen molar-refractivity contribution in [1.82, 2.24) is 10.6 Å². The van der Waals surface area contributed by atoms with Gasteiger partial charge in [-0.1, -0.05) is 31.5 Å². The zero-order valence-electron chi connectivity index (χ0n) is 25.1. The molecule has 0 aromatic heterocycles. The smallest absolute Gasteiger partial charge is 0.343 e. The lowest BCUT2D eigenvalue weighted by Crippen LogP contribution is -2.54. The number of benzene rings is 1. The number of hydrogen-bond acceptors (Lipinski definition) is 9. The lowest BCUT2D eigenvalue weighted by molar-refractivity contribution is -0.143. The van der Waals surface area contributed by atoms with Gasteiger partial charge in [-0.15, -0.1) is 11.8 Å². The van der Waals surface area contributed by atoms with Crippen LogP contribution in [0.2, 0.25) is 0 Å². The Balaban J connectivity index is 2.09. The lowest BCUT2D eigenvalue weighted by atomic mass is 10.0. The van der Waals surface area contributed by atoms with Crippen molar-refractivity contribution >= 4 is 52.9 Å². The largest absolute Gasteiger partial charge is 0.494 e. The van der Waals surface area contributed by atoms with Crippen molar-refractivity contribution in [3.8, 4) is 11.5 Å². The van der Waals surface area contributed by atoms with Crippen LogP contribution in [0, 0.1) is 5.92 Å². The minimum atomic E-state index is -1.37. The highest BCUT2D eigenvalue weighted by molar-refractivity contribution is 8.00. The Morgan fingerprint density at radius 3 is 2.48 bits per heavy atom. The number of carbonyl (C=O) groups is 5. The topological polar surface area (TPSA) is 157 Å². The van der Waals surface area contributed by atoms with Gasteiger partial charge in [-0.05, 0) is 37.5 Å². The maximum absolute atomic E-state index is 14.1. The average molecular weight is 657 g/mol. The molecule has 1 aromatic carbocycles. The van der Waals surface area contributed by atoms with Crippen LogP contribution < -0.4 is 20.1 Å². The van der Waals surface area contributed by atoms with Crippen LogP contribution in [0.4, 0.5) is 4.39 Å². The number of rotatable bonds is 18. The first-order valence-electron chi connectivity index (χ1n) is 14.0. The number of hydrogen-bond donors (Lipinski definition) is 3. The number of amides is 2. The van der Waals surface area contributed by atoms with Crippen LogP contribution in [0.1, 0.15) is 45.6 Å². The number of thioether (sulfide) groups is 1. The third-order valence-corrected chi connectivity index (χ3v) is 7.77. The molecular weight excluding hydrogens is 619 g/mol. The van der Waals surface area contributed by atoms with Gasteiger partial charge in [0.1, 0.15) is 23.4 Å². The summed E-state index contributed by atoms with van der Waals surface area (Å²) in [6, 6.07) is 2.24.